The number of halogens is 1. The van der Waals surface area contributed by atoms with Gasteiger partial charge in [0.2, 0.25) is 15.9 Å². The molecule has 0 radical (unpaired) electrons. The van der Waals surface area contributed by atoms with Gasteiger partial charge in [-0.3, -0.25) is 4.79 Å². The lowest BCUT2D eigenvalue weighted by atomic mass is 9.89. The molecule has 3 rings (SSSR count). The first-order valence-electron chi connectivity index (χ1n) is 9.77. The zero-order valence-electron chi connectivity index (χ0n) is 16.8. The summed E-state index contributed by atoms with van der Waals surface area (Å²) in [5, 5.41) is 6.51. The third-order valence-electron chi connectivity index (χ3n) is 5.22. The maximum atomic E-state index is 12.7. The Morgan fingerprint density at radius 3 is 2.36 bits per heavy atom. The van der Waals surface area contributed by atoms with Gasteiger partial charge in [-0.05, 0) is 64.0 Å². The molecular weight excluding hydrogens is 398 g/mol. The van der Waals surface area contributed by atoms with Gasteiger partial charge in [0.15, 0.2) is 0 Å². The summed E-state index contributed by atoms with van der Waals surface area (Å²) in [5.41, 5.74) is 0.0387. The van der Waals surface area contributed by atoms with Crippen LogP contribution in [0, 0.1) is 5.92 Å². The quantitative estimate of drug-likeness (QED) is 0.648. The molecule has 28 heavy (non-hydrogen) atoms. The highest BCUT2D eigenvalue weighted by molar-refractivity contribution is 7.89. The molecule has 2 heterocycles. The molecule has 1 amide bonds. The lowest BCUT2D eigenvalue weighted by molar-refractivity contribution is -0.122. The van der Waals surface area contributed by atoms with E-state index in [1.54, 1.807) is 45.0 Å². The summed E-state index contributed by atoms with van der Waals surface area (Å²) >= 11 is 0. The zero-order valence-corrected chi connectivity index (χ0v) is 18.5. The number of carbonyl (C=O) groups is 1. The topological polar surface area (TPSA) is 87.3 Å². The van der Waals surface area contributed by atoms with Gasteiger partial charge in [0, 0.05) is 30.6 Å². The van der Waals surface area contributed by atoms with E-state index in [0.717, 1.165) is 12.8 Å². The summed E-state index contributed by atoms with van der Waals surface area (Å²) in [4.78, 5) is 12.6. The third-order valence-corrected chi connectivity index (χ3v) is 7.08. The van der Waals surface area contributed by atoms with Gasteiger partial charge in [-0.2, -0.15) is 0 Å². The molecule has 1 aromatic carbocycles. The number of benzene rings is 1. The standard InChI is InChI=1S/C20H31N3O3S.ClH/c1-20(2,3)23-27(25,26)18-7-5-4-6-15(18)13-21-19(24)12-14-10-16-8-9-17(11-14)22-16;/h4-7,14,16-17,22-23H,8-13H2,1-3H3,(H,21,24);1H. The third kappa shape index (κ3) is 6.17. The highest BCUT2D eigenvalue weighted by Gasteiger charge is 2.34. The molecule has 1 aromatic rings. The van der Waals surface area contributed by atoms with Crippen molar-refractivity contribution in [3.05, 3.63) is 29.8 Å². The van der Waals surface area contributed by atoms with Crippen molar-refractivity contribution in [3.8, 4) is 0 Å². The number of sulfonamides is 1. The van der Waals surface area contributed by atoms with E-state index in [2.05, 4.69) is 15.4 Å². The van der Waals surface area contributed by atoms with Crippen molar-refractivity contribution in [2.24, 2.45) is 5.92 Å². The fraction of sp³-hybridized carbons (Fsp3) is 0.650. The van der Waals surface area contributed by atoms with Crippen LogP contribution in [0.25, 0.3) is 0 Å². The molecule has 3 N–H and O–H groups in total. The maximum Gasteiger partial charge on any atom is 0.241 e. The Bertz CT molecular complexity index is 780. The average molecular weight is 430 g/mol. The van der Waals surface area contributed by atoms with Crippen LogP contribution in [0.5, 0.6) is 0 Å². The van der Waals surface area contributed by atoms with Gasteiger partial charge in [-0.15, -0.1) is 12.4 Å². The molecule has 8 heteroatoms. The largest absolute Gasteiger partial charge is 0.352 e. The predicted molar refractivity (Wildman–Crippen MR) is 113 cm³/mol. The summed E-state index contributed by atoms with van der Waals surface area (Å²) in [7, 11) is -3.64. The smallest absolute Gasteiger partial charge is 0.241 e. The molecule has 0 spiro atoms. The minimum atomic E-state index is -3.64. The van der Waals surface area contributed by atoms with Crippen LogP contribution in [-0.4, -0.2) is 31.9 Å². The minimum Gasteiger partial charge on any atom is -0.352 e. The van der Waals surface area contributed by atoms with E-state index in [9.17, 15) is 13.2 Å². The second-order valence-corrected chi connectivity index (χ2v) is 10.6. The van der Waals surface area contributed by atoms with Gasteiger partial charge in [0.25, 0.3) is 0 Å². The minimum absolute atomic E-state index is 0. The fourth-order valence-corrected chi connectivity index (χ4v) is 5.90. The first-order valence-corrected chi connectivity index (χ1v) is 11.3. The molecule has 2 unspecified atom stereocenters. The molecule has 2 aliphatic rings. The van der Waals surface area contributed by atoms with Crippen LogP contribution in [0.2, 0.25) is 0 Å². The van der Waals surface area contributed by atoms with Crippen LogP contribution < -0.4 is 15.4 Å². The zero-order chi connectivity index (χ0) is 19.7. The average Bonchev–Trinajstić information content (AvgIpc) is 2.89. The summed E-state index contributed by atoms with van der Waals surface area (Å²) in [6, 6.07) is 7.96. The van der Waals surface area contributed by atoms with Gasteiger partial charge in [0.05, 0.1) is 4.90 Å². The summed E-state index contributed by atoms with van der Waals surface area (Å²) in [6.45, 7) is 5.64. The molecule has 0 saturated carbocycles. The van der Waals surface area contributed by atoms with E-state index in [4.69, 9.17) is 0 Å². The van der Waals surface area contributed by atoms with Crippen LogP contribution in [0.4, 0.5) is 0 Å². The molecular formula is C20H32ClN3O3S. The normalized spacial score (nSPS) is 24.5. The van der Waals surface area contributed by atoms with Crippen molar-refractivity contribution in [2.45, 2.75) is 81.9 Å². The molecule has 2 saturated heterocycles. The van der Waals surface area contributed by atoms with Crippen molar-refractivity contribution in [1.82, 2.24) is 15.4 Å². The lowest BCUT2D eigenvalue weighted by Crippen LogP contribution is -2.41. The van der Waals surface area contributed by atoms with Crippen molar-refractivity contribution in [1.29, 1.82) is 0 Å². The van der Waals surface area contributed by atoms with Crippen LogP contribution >= 0.6 is 12.4 Å². The monoisotopic (exact) mass is 429 g/mol. The number of carbonyl (C=O) groups excluding carboxylic acids is 1. The number of hydrogen-bond donors (Lipinski definition) is 3. The molecule has 2 aliphatic heterocycles. The van der Waals surface area contributed by atoms with Gasteiger partial charge in [-0.25, -0.2) is 13.1 Å². The van der Waals surface area contributed by atoms with Gasteiger partial charge >= 0.3 is 0 Å². The molecule has 6 nitrogen and oxygen atoms in total. The van der Waals surface area contributed by atoms with E-state index in [0.29, 0.717) is 30.0 Å². The molecule has 2 atom stereocenters. The Morgan fingerprint density at radius 2 is 1.75 bits per heavy atom. The fourth-order valence-electron chi connectivity index (χ4n) is 4.24. The van der Waals surface area contributed by atoms with E-state index in [1.165, 1.54) is 12.8 Å². The Hall–Kier alpha value is -1.15. The van der Waals surface area contributed by atoms with Crippen molar-refractivity contribution in [2.75, 3.05) is 0 Å². The maximum absolute atomic E-state index is 12.7. The number of hydrogen-bond acceptors (Lipinski definition) is 4. The highest BCUT2D eigenvalue weighted by atomic mass is 35.5. The van der Waals surface area contributed by atoms with Gasteiger partial charge in [-0.1, -0.05) is 18.2 Å². The van der Waals surface area contributed by atoms with Crippen molar-refractivity contribution in [3.63, 3.8) is 0 Å². The van der Waals surface area contributed by atoms with Crippen LogP contribution in [-0.2, 0) is 21.4 Å². The van der Waals surface area contributed by atoms with E-state index in [-0.39, 0.29) is 29.8 Å². The lowest BCUT2D eigenvalue weighted by Gasteiger charge is -2.28. The summed E-state index contributed by atoms with van der Waals surface area (Å²) in [6.07, 6.45) is 5.07. The SMILES string of the molecule is CC(C)(C)NS(=O)(=O)c1ccccc1CNC(=O)CC1CC2CCC(C1)N2.Cl. The molecule has 2 bridgehead atoms. The molecule has 0 aromatic heterocycles. The van der Waals surface area contributed by atoms with Gasteiger partial charge < -0.3 is 10.6 Å². The highest BCUT2D eigenvalue weighted by Crippen LogP contribution is 2.32. The Balaban J connectivity index is 0.00000280. The first kappa shape index (κ1) is 23.1. The number of amides is 1. The van der Waals surface area contributed by atoms with Crippen molar-refractivity contribution >= 4 is 28.3 Å². The Morgan fingerprint density at radius 1 is 1.14 bits per heavy atom. The van der Waals surface area contributed by atoms with Gasteiger partial charge in [0.1, 0.15) is 0 Å². The molecule has 2 fully saturated rings. The van der Waals surface area contributed by atoms with Crippen LogP contribution in [0.1, 0.15) is 58.4 Å². The van der Waals surface area contributed by atoms with Crippen molar-refractivity contribution < 1.29 is 13.2 Å². The predicted octanol–water partition coefficient (Wildman–Crippen LogP) is 2.72. The molecule has 0 aliphatic carbocycles. The van der Waals surface area contributed by atoms with Crippen LogP contribution in [0.15, 0.2) is 29.2 Å². The summed E-state index contributed by atoms with van der Waals surface area (Å²) in [5.74, 6) is 0.419. The van der Waals surface area contributed by atoms with E-state index >= 15 is 0 Å². The van der Waals surface area contributed by atoms with E-state index < -0.39 is 15.6 Å². The number of piperidine rings is 1. The second kappa shape index (κ2) is 9.11. The summed E-state index contributed by atoms with van der Waals surface area (Å²) < 4.78 is 28.0. The molecule has 158 valence electrons. The number of rotatable bonds is 6. The Labute approximate surface area is 174 Å². The number of fused-ring (bicyclic) bond motifs is 2. The number of nitrogens with one attached hydrogen (secondary N) is 3. The first-order chi connectivity index (χ1) is 12.6. The Kier molecular flexibility index (Phi) is 7.53. The van der Waals surface area contributed by atoms with Crippen LogP contribution in [0.3, 0.4) is 0 Å². The van der Waals surface area contributed by atoms with E-state index in [1.807, 2.05) is 0 Å². The second-order valence-electron chi connectivity index (χ2n) is 8.92.